The van der Waals surface area contributed by atoms with E-state index in [9.17, 15) is 5.11 Å². The predicted molar refractivity (Wildman–Crippen MR) is 31.2 cm³/mol. The Morgan fingerprint density at radius 1 is 1.00 bits per heavy atom. The van der Waals surface area contributed by atoms with Crippen LogP contribution in [0.4, 0.5) is 0 Å². The second-order valence-corrected chi connectivity index (χ2v) is 2.41. The molecule has 70 valence electrons. The van der Waals surface area contributed by atoms with Crippen LogP contribution >= 0.6 is 0 Å². The van der Waals surface area contributed by atoms with Crippen molar-refractivity contribution in [3.8, 4) is 0 Å². The van der Waals surface area contributed by atoms with Crippen molar-refractivity contribution in [1.82, 2.24) is 0 Å². The fraction of sp³-hybridized carbons (Fsp3) is 0.714. The molecule has 0 aliphatic heterocycles. The fourth-order valence-corrected chi connectivity index (χ4v) is 1.03. The van der Waals surface area contributed by atoms with Crippen LogP contribution in [0.5, 0.6) is 0 Å². The van der Waals surface area contributed by atoms with E-state index in [2.05, 4.69) is 0 Å². The summed E-state index contributed by atoms with van der Waals surface area (Å²) in [6, 6.07) is 0. The van der Waals surface area contributed by atoms with E-state index < -0.39 is 0 Å². The molecule has 0 amide bonds. The maximum Gasteiger partial charge on any atom is 4.00 e. The third kappa shape index (κ3) is 7.76. The van der Waals surface area contributed by atoms with Crippen molar-refractivity contribution < 1.29 is 64.0 Å². The smallest absolute Gasteiger partial charge is 1.00 e. The number of halogens is 3. The first kappa shape index (κ1) is 23.2. The van der Waals surface area contributed by atoms with Crippen LogP contribution < -0.4 is 42.3 Å². The van der Waals surface area contributed by atoms with Crippen LogP contribution in [0, 0.1) is 0 Å². The molecule has 5 heteroatoms. The Bertz CT molecular complexity index is 114. The zero-order chi connectivity index (χ0) is 5.98. The van der Waals surface area contributed by atoms with Gasteiger partial charge in [-0.3, -0.25) is 0 Å². The van der Waals surface area contributed by atoms with E-state index in [1.54, 1.807) is 0 Å². The van der Waals surface area contributed by atoms with Gasteiger partial charge in [-0.2, -0.15) is 0 Å². The maximum absolute atomic E-state index is 10.8. The molecule has 1 aliphatic carbocycles. The van der Waals surface area contributed by atoms with E-state index in [1.165, 1.54) is 6.42 Å². The average molecular weight is 265 g/mol. The SMILES string of the molecule is CC1=C([O-])CCCC1.[Cl-].[Cl-].[Cl-].[Ti+4]. The van der Waals surface area contributed by atoms with Gasteiger partial charge in [0.2, 0.25) is 0 Å². The van der Waals surface area contributed by atoms with Gasteiger partial charge < -0.3 is 42.3 Å². The minimum Gasteiger partial charge on any atom is -1.00 e. The van der Waals surface area contributed by atoms with E-state index in [1.807, 2.05) is 6.92 Å². The largest absolute Gasteiger partial charge is 4.00 e. The summed E-state index contributed by atoms with van der Waals surface area (Å²) >= 11 is 0. The Balaban J connectivity index is -0.0000000800. The quantitative estimate of drug-likeness (QED) is 0.399. The van der Waals surface area contributed by atoms with E-state index in [4.69, 9.17) is 0 Å². The molecule has 0 fully saturated rings. The number of hydrogen-bond acceptors (Lipinski definition) is 1. The summed E-state index contributed by atoms with van der Waals surface area (Å²) in [5.74, 6) is 0.385. The second kappa shape index (κ2) is 12.1. The molecular formula is C7H11Cl3OTi. The molecule has 1 nitrogen and oxygen atoms in total. The Labute approximate surface area is 107 Å². The van der Waals surface area contributed by atoms with Crippen molar-refractivity contribution in [3.63, 3.8) is 0 Å². The molecule has 0 heterocycles. The van der Waals surface area contributed by atoms with Gasteiger partial charge in [0.25, 0.3) is 0 Å². The third-order valence-electron chi connectivity index (χ3n) is 1.68. The molecule has 1 aliphatic rings. The Morgan fingerprint density at radius 3 is 1.67 bits per heavy atom. The first-order valence-electron chi connectivity index (χ1n) is 3.16. The van der Waals surface area contributed by atoms with Gasteiger partial charge in [-0.05, 0) is 26.2 Å². The van der Waals surface area contributed by atoms with Gasteiger partial charge >= 0.3 is 21.7 Å². The monoisotopic (exact) mass is 264 g/mol. The van der Waals surface area contributed by atoms with Gasteiger partial charge in [-0.1, -0.05) is 12.0 Å². The molecule has 12 heavy (non-hydrogen) atoms. The van der Waals surface area contributed by atoms with Gasteiger partial charge in [0, 0.05) is 0 Å². The molecule has 0 N–H and O–H groups in total. The molecule has 0 radical (unpaired) electrons. The third-order valence-corrected chi connectivity index (χ3v) is 1.68. The van der Waals surface area contributed by atoms with Crippen molar-refractivity contribution in [2.75, 3.05) is 0 Å². The van der Waals surface area contributed by atoms with Crippen LogP contribution in [0.2, 0.25) is 0 Å². The summed E-state index contributed by atoms with van der Waals surface area (Å²) in [6.07, 6.45) is 4.17. The standard InChI is InChI=1S/C7H12O.3ClH.Ti/c1-6-4-2-3-5-7(6)8;;;;/h8H,2-5H2,1H3;3*1H;/q;;;;+4/p-4. The molecule has 0 aromatic carbocycles. The number of hydrogen-bond donors (Lipinski definition) is 0. The fourth-order valence-electron chi connectivity index (χ4n) is 1.03. The number of allylic oxidation sites excluding steroid dienone is 2. The molecule has 0 atom stereocenters. The topological polar surface area (TPSA) is 23.1 Å². The van der Waals surface area contributed by atoms with Crippen LogP contribution in [0.15, 0.2) is 11.3 Å². The predicted octanol–water partition coefficient (Wildman–Crippen LogP) is -7.80. The van der Waals surface area contributed by atoms with E-state index in [-0.39, 0.29) is 58.9 Å². The van der Waals surface area contributed by atoms with Gasteiger partial charge in [-0.25, -0.2) is 0 Å². The molecule has 0 aromatic rings. The molecule has 0 unspecified atom stereocenters. The van der Waals surface area contributed by atoms with E-state index >= 15 is 0 Å². The van der Waals surface area contributed by atoms with Gasteiger partial charge in [0.1, 0.15) is 0 Å². The zero-order valence-electron chi connectivity index (χ0n) is 6.87. The summed E-state index contributed by atoms with van der Waals surface area (Å²) in [5.41, 5.74) is 1.08. The van der Waals surface area contributed by atoms with E-state index in [0.717, 1.165) is 24.8 Å². The number of rotatable bonds is 0. The second-order valence-electron chi connectivity index (χ2n) is 2.41. The van der Waals surface area contributed by atoms with Crippen LogP contribution in [-0.2, 0) is 21.7 Å². The minimum atomic E-state index is 0. The van der Waals surface area contributed by atoms with E-state index in [0.29, 0.717) is 5.76 Å². The van der Waals surface area contributed by atoms with Crippen LogP contribution in [0.1, 0.15) is 32.6 Å². The Morgan fingerprint density at radius 2 is 1.42 bits per heavy atom. The van der Waals surface area contributed by atoms with Crippen LogP contribution in [-0.4, -0.2) is 0 Å². The first-order valence-corrected chi connectivity index (χ1v) is 3.16. The Hall–Kier alpha value is 1.12. The summed E-state index contributed by atoms with van der Waals surface area (Å²) < 4.78 is 0. The van der Waals surface area contributed by atoms with Gasteiger partial charge in [0.15, 0.2) is 0 Å². The molecular weight excluding hydrogens is 254 g/mol. The normalized spacial score (nSPS) is 14.4. The van der Waals surface area contributed by atoms with Crippen molar-refractivity contribution in [3.05, 3.63) is 11.3 Å². The van der Waals surface area contributed by atoms with Crippen molar-refractivity contribution in [2.24, 2.45) is 0 Å². The Kier molecular flexibility index (Phi) is 23.4. The molecule has 0 bridgehead atoms. The summed E-state index contributed by atoms with van der Waals surface area (Å²) in [6.45, 7) is 1.95. The van der Waals surface area contributed by atoms with Crippen molar-refractivity contribution in [1.29, 1.82) is 0 Å². The van der Waals surface area contributed by atoms with Crippen LogP contribution in [0.3, 0.4) is 0 Å². The minimum absolute atomic E-state index is 0. The van der Waals surface area contributed by atoms with Crippen molar-refractivity contribution >= 4 is 0 Å². The van der Waals surface area contributed by atoms with Crippen molar-refractivity contribution in [2.45, 2.75) is 32.6 Å². The van der Waals surface area contributed by atoms with Gasteiger partial charge in [0.05, 0.1) is 0 Å². The average Bonchev–Trinajstić information content (AvgIpc) is 1.77. The first-order chi connectivity index (χ1) is 3.80. The molecule has 0 saturated heterocycles. The maximum atomic E-state index is 10.8. The molecule has 1 rings (SSSR count). The van der Waals surface area contributed by atoms with Gasteiger partial charge in [-0.15, -0.1) is 5.76 Å². The zero-order valence-corrected chi connectivity index (χ0v) is 10.7. The van der Waals surface area contributed by atoms with Crippen LogP contribution in [0.25, 0.3) is 0 Å². The molecule has 0 spiro atoms. The molecule has 0 saturated carbocycles. The summed E-state index contributed by atoms with van der Waals surface area (Å²) in [7, 11) is 0. The molecule has 0 aromatic heterocycles. The summed E-state index contributed by atoms with van der Waals surface area (Å²) in [5, 5.41) is 10.8. The summed E-state index contributed by atoms with van der Waals surface area (Å²) in [4.78, 5) is 0.